The van der Waals surface area contributed by atoms with E-state index in [1.807, 2.05) is 35.0 Å². The zero-order chi connectivity index (χ0) is 31.5. The molecule has 43 heavy (non-hydrogen) atoms. The number of hydrogen-bond acceptors (Lipinski definition) is 9. The number of rotatable bonds is 11. The van der Waals surface area contributed by atoms with Gasteiger partial charge in [-0.05, 0) is 49.0 Å². The molecule has 0 saturated heterocycles. The molecule has 0 fully saturated rings. The van der Waals surface area contributed by atoms with Crippen molar-refractivity contribution in [2.45, 2.75) is 48.1 Å². The molecule has 3 rings (SSSR count). The normalized spacial score (nSPS) is 10.5. The van der Waals surface area contributed by atoms with Crippen LogP contribution in [0.5, 0.6) is 0 Å². The van der Waals surface area contributed by atoms with Crippen molar-refractivity contribution in [2.75, 3.05) is 19.8 Å². The Labute approximate surface area is 266 Å². The molecule has 0 spiro atoms. The average Bonchev–Trinajstić information content (AvgIpc) is 3.38. The number of nitrogens with one attached hydrogen (secondary N) is 1. The van der Waals surface area contributed by atoms with Gasteiger partial charge in [-0.15, -0.1) is 0 Å². The van der Waals surface area contributed by atoms with Gasteiger partial charge in [0.15, 0.2) is 5.69 Å². The number of aromatic nitrogens is 2. The fourth-order valence-corrected chi connectivity index (χ4v) is 3.35. The Morgan fingerprint density at radius 3 is 1.95 bits per heavy atom. The number of ether oxygens (including phenoxy) is 2. The molecule has 0 bridgehead atoms. The van der Waals surface area contributed by atoms with Crippen molar-refractivity contribution in [3.63, 3.8) is 0 Å². The van der Waals surface area contributed by atoms with E-state index < -0.39 is 17.5 Å². The molecule has 2 aromatic carbocycles. The van der Waals surface area contributed by atoms with Gasteiger partial charge in [0.1, 0.15) is 0 Å². The molecule has 0 unspecified atom stereocenters. The molecule has 3 aromatic rings. The molecule has 228 valence electrons. The molecule has 0 radical (unpaired) electrons. The molecule has 0 amide bonds. The van der Waals surface area contributed by atoms with Gasteiger partial charge in [-0.2, -0.15) is 5.10 Å². The first-order valence-corrected chi connectivity index (χ1v) is 13.9. The number of carbonyl (C=O) groups is 3. The van der Waals surface area contributed by atoms with Crippen LogP contribution in [0.25, 0.3) is 17.0 Å². The van der Waals surface area contributed by atoms with Gasteiger partial charge in [0.2, 0.25) is 0 Å². The predicted octanol–water partition coefficient (Wildman–Crippen LogP) is 1.01. The Bertz CT molecular complexity index is 1260. The Morgan fingerprint density at radius 2 is 1.49 bits per heavy atom. The SMILES string of the molecule is CC(C)CNN.CCOC(=O)C(=O)/C=C(\[O-])c1ccccc1.CCOC(=O)c1cc(-c2ccccc2)n(CC(C)C)n1.[Li+]. The maximum Gasteiger partial charge on any atom is 1.00 e. The monoisotopic (exact) mass is 586 g/mol. The molecule has 11 heteroatoms. The molecule has 1 heterocycles. The first kappa shape index (κ1) is 39.3. The van der Waals surface area contributed by atoms with E-state index in [0.29, 0.717) is 29.7 Å². The fraction of sp³-hybridized carbons (Fsp3) is 0.375. The van der Waals surface area contributed by atoms with Crippen LogP contribution in [0.3, 0.4) is 0 Å². The summed E-state index contributed by atoms with van der Waals surface area (Å²) in [6.07, 6.45) is 0.743. The standard InChI is InChI=1S/C16H20N2O2.C12H12O4.C4H12N2.Li/c1-4-20-16(19)14-10-15(13-8-6-5-7-9-13)18(17-14)11-12(2)3;1-2-16-12(15)11(14)8-10(13)9-6-4-3-5-7-9;1-4(2)3-6-5;/h5-10,12H,4,11H2,1-3H3;3-8,13H,2H2,1H3;4,6H,3,5H2,1-2H3;/q;;;+1/p-1/b;10-8-;;. The number of nitrogens with two attached hydrogens (primary N) is 1. The fourth-order valence-electron chi connectivity index (χ4n) is 3.35. The van der Waals surface area contributed by atoms with E-state index in [4.69, 9.17) is 10.6 Å². The Kier molecular flexibility index (Phi) is 20.1. The van der Waals surface area contributed by atoms with E-state index >= 15 is 0 Å². The first-order chi connectivity index (χ1) is 20.0. The summed E-state index contributed by atoms with van der Waals surface area (Å²) in [5, 5.41) is 15.9. The summed E-state index contributed by atoms with van der Waals surface area (Å²) in [7, 11) is 0. The van der Waals surface area contributed by atoms with Crippen LogP contribution >= 0.6 is 0 Å². The largest absolute Gasteiger partial charge is 1.00 e. The smallest absolute Gasteiger partial charge is 0.872 e. The van der Waals surface area contributed by atoms with Gasteiger partial charge in [0, 0.05) is 13.1 Å². The molecule has 0 aliphatic rings. The van der Waals surface area contributed by atoms with Gasteiger partial charge in [0.25, 0.3) is 5.78 Å². The van der Waals surface area contributed by atoms with Crippen LogP contribution in [0.4, 0.5) is 0 Å². The summed E-state index contributed by atoms with van der Waals surface area (Å²) in [4.78, 5) is 33.9. The second-order valence-electron chi connectivity index (χ2n) is 9.84. The van der Waals surface area contributed by atoms with Gasteiger partial charge >= 0.3 is 30.8 Å². The van der Waals surface area contributed by atoms with E-state index in [2.05, 4.69) is 43.0 Å². The quantitative estimate of drug-likeness (QED) is 0.0639. The number of ketones is 1. The summed E-state index contributed by atoms with van der Waals surface area (Å²) < 4.78 is 11.4. The van der Waals surface area contributed by atoms with Gasteiger partial charge in [-0.1, -0.05) is 94.1 Å². The Morgan fingerprint density at radius 1 is 0.930 bits per heavy atom. The van der Waals surface area contributed by atoms with Crippen molar-refractivity contribution >= 4 is 23.5 Å². The van der Waals surface area contributed by atoms with Crippen molar-refractivity contribution in [3.8, 4) is 11.3 Å². The number of hydrogen-bond donors (Lipinski definition) is 2. The molecule has 3 N–H and O–H groups in total. The van der Waals surface area contributed by atoms with E-state index in [9.17, 15) is 19.5 Å². The average molecular weight is 587 g/mol. The van der Waals surface area contributed by atoms with Crippen molar-refractivity contribution in [2.24, 2.45) is 17.7 Å². The van der Waals surface area contributed by atoms with Crippen molar-refractivity contribution in [1.82, 2.24) is 15.2 Å². The van der Waals surface area contributed by atoms with Crippen LogP contribution < -0.4 is 35.2 Å². The second kappa shape index (κ2) is 21.9. The van der Waals surface area contributed by atoms with E-state index in [0.717, 1.165) is 30.4 Å². The van der Waals surface area contributed by atoms with Crippen LogP contribution in [0.2, 0.25) is 0 Å². The minimum Gasteiger partial charge on any atom is -0.872 e. The number of nitrogens with zero attached hydrogens (tertiary/aromatic N) is 2. The van der Waals surface area contributed by atoms with Crippen LogP contribution in [0.1, 0.15) is 57.6 Å². The van der Waals surface area contributed by atoms with E-state index in [-0.39, 0.29) is 31.4 Å². The Balaban J connectivity index is 0.000000689. The van der Waals surface area contributed by atoms with Crippen molar-refractivity contribution in [3.05, 3.63) is 84.1 Å². The third kappa shape index (κ3) is 15.4. The molecule has 0 atom stereocenters. The van der Waals surface area contributed by atoms with Gasteiger partial charge in [0.05, 0.1) is 18.9 Å². The van der Waals surface area contributed by atoms with E-state index in [1.54, 1.807) is 50.2 Å². The minimum absolute atomic E-state index is 0. The van der Waals surface area contributed by atoms with Gasteiger partial charge in [-0.3, -0.25) is 20.7 Å². The maximum absolute atomic E-state index is 11.8. The van der Waals surface area contributed by atoms with Crippen LogP contribution in [0.15, 0.2) is 72.8 Å². The zero-order valence-corrected chi connectivity index (χ0v) is 26.3. The molecule has 1 aromatic heterocycles. The van der Waals surface area contributed by atoms with Gasteiger partial charge in [-0.25, -0.2) is 9.59 Å². The van der Waals surface area contributed by atoms with E-state index in [1.165, 1.54) is 0 Å². The number of hydrazine groups is 1. The van der Waals surface area contributed by atoms with Crippen molar-refractivity contribution in [1.29, 1.82) is 0 Å². The molecule has 0 aliphatic heterocycles. The van der Waals surface area contributed by atoms with Crippen LogP contribution in [-0.2, 0) is 25.6 Å². The minimum atomic E-state index is -1.01. The summed E-state index contributed by atoms with van der Waals surface area (Å²) in [5.41, 5.74) is 5.29. The predicted molar refractivity (Wildman–Crippen MR) is 162 cm³/mol. The summed E-state index contributed by atoms with van der Waals surface area (Å²) in [6, 6.07) is 20.0. The molecular formula is C32H43LiN4O6. The molecule has 0 saturated carbocycles. The third-order valence-corrected chi connectivity index (χ3v) is 5.20. The zero-order valence-electron chi connectivity index (χ0n) is 26.3. The van der Waals surface area contributed by atoms with Crippen molar-refractivity contribution < 1.29 is 47.8 Å². The number of carbonyl (C=O) groups excluding carboxylic acids is 3. The molecular weight excluding hydrogens is 543 g/mol. The maximum atomic E-state index is 11.8. The number of esters is 2. The number of benzene rings is 2. The second-order valence-corrected chi connectivity index (χ2v) is 9.84. The topological polar surface area (TPSA) is 149 Å². The first-order valence-electron chi connectivity index (χ1n) is 13.9. The Hall–Kier alpha value is -3.68. The molecule has 10 nitrogen and oxygen atoms in total. The van der Waals surface area contributed by atoms with Gasteiger partial charge < -0.3 is 14.6 Å². The van der Waals surface area contributed by atoms with Crippen LogP contribution in [0, 0.1) is 11.8 Å². The third-order valence-electron chi connectivity index (χ3n) is 5.20. The van der Waals surface area contributed by atoms with Crippen LogP contribution in [-0.4, -0.2) is 47.3 Å². The summed E-state index contributed by atoms with van der Waals surface area (Å²) in [6.45, 7) is 14.0. The summed E-state index contributed by atoms with van der Waals surface area (Å²) in [5.74, 6) is 3.28. The summed E-state index contributed by atoms with van der Waals surface area (Å²) >= 11 is 0. The molecule has 0 aliphatic carbocycles.